The van der Waals surface area contributed by atoms with Crippen LogP contribution in [0.2, 0.25) is 0 Å². The van der Waals surface area contributed by atoms with Crippen LogP contribution < -0.4 is 5.32 Å². The largest absolute Gasteiger partial charge is 0.320 e. The first kappa shape index (κ1) is 18.5. The summed E-state index contributed by atoms with van der Waals surface area (Å²) in [4.78, 5) is 0. The van der Waals surface area contributed by atoms with Gasteiger partial charge in [-0.2, -0.15) is 0 Å². The number of hydrogen-bond acceptors (Lipinski definition) is 1. The summed E-state index contributed by atoms with van der Waals surface area (Å²) in [7, 11) is 2.04. The van der Waals surface area contributed by atoms with Gasteiger partial charge in [-0.15, -0.1) is 12.3 Å². The van der Waals surface area contributed by atoms with Crippen LogP contribution in [0.25, 0.3) is 0 Å². The van der Waals surface area contributed by atoms with Crippen LogP contribution >= 0.6 is 0 Å². The summed E-state index contributed by atoms with van der Waals surface area (Å²) in [5.74, 6) is 2.71. The zero-order valence-corrected chi connectivity index (χ0v) is 13.2. The molecule has 0 saturated carbocycles. The number of unbranched alkanes of at least 4 members (excludes halogenated alkanes) is 13. The third-order valence-electron chi connectivity index (χ3n) is 3.75. The van der Waals surface area contributed by atoms with E-state index < -0.39 is 0 Å². The van der Waals surface area contributed by atoms with E-state index in [0.717, 1.165) is 6.42 Å². The molecule has 0 spiro atoms. The molecule has 0 heterocycles. The summed E-state index contributed by atoms with van der Waals surface area (Å²) in [5, 5.41) is 3.20. The summed E-state index contributed by atoms with van der Waals surface area (Å²) in [6.07, 6.45) is 24.4. The SMILES string of the molecule is C#CCCCCCCCCCCCCCCCNC. The van der Waals surface area contributed by atoms with Gasteiger partial charge >= 0.3 is 0 Å². The fourth-order valence-corrected chi connectivity index (χ4v) is 2.47. The second-order valence-corrected chi connectivity index (χ2v) is 5.65. The second-order valence-electron chi connectivity index (χ2n) is 5.65. The summed E-state index contributed by atoms with van der Waals surface area (Å²) < 4.78 is 0. The summed E-state index contributed by atoms with van der Waals surface area (Å²) in [5.41, 5.74) is 0. The lowest BCUT2D eigenvalue weighted by Gasteiger charge is -2.03. The van der Waals surface area contributed by atoms with Gasteiger partial charge in [-0.3, -0.25) is 0 Å². The first-order valence-corrected chi connectivity index (χ1v) is 8.50. The van der Waals surface area contributed by atoms with Crippen molar-refractivity contribution in [1.82, 2.24) is 5.32 Å². The average Bonchev–Trinajstić information content (AvgIpc) is 2.43. The highest BCUT2D eigenvalue weighted by molar-refractivity contribution is 4.82. The number of hydrogen-bond donors (Lipinski definition) is 1. The van der Waals surface area contributed by atoms with Crippen LogP contribution in [0.4, 0.5) is 0 Å². The highest BCUT2D eigenvalue weighted by Crippen LogP contribution is 2.12. The maximum atomic E-state index is 5.23. The molecule has 0 unspecified atom stereocenters. The van der Waals surface area contributed by atoms with Gasteiger partial charge in [0.1, 0.15) is 0 Å². The summed E-state index contributed by atoms with van der Waals surface area (Å²) in [6, 6.07) is 0. The molecule has 0 atom stereocenters. The van der Waals surface area contributed by atoms with Crippen molar-refractivity contribution in [3.05, 3.63) is 0 Å². The molecule has 0 aromatic rings. The van der Waals surface area contributed by atoms with Crippen LogP contribution in [0.15, 0.2) is 0 Å². The maximum Gasteiger partial charge on any atom is 0.00860 e. The van der Waals surface area contributed by atoms with Gasteiger partial charge in [0, 0.05) is 6.42 Å². The van der Waals surface area contributed by atoms with E-state index in [1.165, 1.54) is 90.0 Å². The Morgan fingerprint density at radius 2 is 1.00 bits per heavy atom. The minimum absolute atomic E-state index is 0.967. The molecule has 0 aliphatic heterocycles. The van der Waals surface area contributed by atoms with Gasteiger partial charge < -0.3 is 5.32 Å². The number of nitrogens with one attached hydrogen (secondary N) is 1. The smallest absolute Gasteiger partial charge is 0.00860 e. The lowest BCUT2D eigenvalue weighted by atomic mass is 10.0. The molecule has 0 aliphatic carbocycles. The maximum absolute atomic E-state index is 5.23. The molecule has 1 N–H and O–H groups in total. The van der Waals surface area contributed by atoms with Crippen LogP contribution in [0.1, 0.15) is 89.9 Å². The van der Waals surface area contributed by atoms with E-state index in [-0.39, 0.29) is 0 Å². The van der Waals surface area contributed by atoms with Gasteiger partial charge in [0.2, 0.25) is 0 Å². The van der Waals surface area contributed by atoms with E-state index in [0.29, 0.717) is 0 Å². The molecule has 112 valence electrons. The monoisotopic (exact) mass is 265 g/mol. The van der Waals surface area contributed by atoms with Crippen molar-refractivity contribution in [3.8, 4) is 12.3 Å². The van der Waals surface area contributed by atoms with E-state index in [9.17, 15) is 0 Å². The first-order chi connectivity index (χ1) is 9.41. The molecule has 1 heteroatoms. The molecule has 0 aromatic heterocycles. The van der Waals surface area contributed by atoms with Gasteiger partial charge in [0.25, 0.3) is 0 Å². The minimum atomic E-state index is 0.967. The Morgan fingerprint density at radius 1 is 0.632 bits per heavy atom. The average molecular weight is 265 g/mol. The third kappa shape index (κ3) is 17.5. The Morgan fingerprint density at radius 3 is 1.37 bits per heavy atom. The Labute approximate surface area is 121 Å². The van der Waals surface area contributed by atoms with Crippen molar-refractivity contribution >= 4 is 0 Å². The first-order valence-electron chi connectivity index (χ1n) is 8.50. The Kier molecular flexibility index (Phi) is 17.1. The van der Waals surface area contributed by atoms with E-state index in [4.69, 9.17) is 6.42 Å². The van der Waals surface area contributed by atoms with Crippen molar-refractivity contribution in [2.75, 3.05) is 13.6 Å². The summed E-state index contributed by atoms with van der Waals surface area (Å²) >= 11 is 0. The molecule has 0 aliphatic rings. The molecular weight excluding hydrogens is 230 g/mol. The molecule has 0 amide bonds. The number of terminal acetylenes is 1. The predicted molar refractivity (Wildman–Crippen MR) is 87.4 cm³/mol. The molecule has 0 fully saturated rings. The van der Waals surface area contributed by atoms with Crippen molar-refractivity contribution in [2.45, 2.75) is 89.9 Å². The highest BCUT2D eigenvalue weighted by atomic mass is 14.8. The normalized spacial score (nSPS) is 10.5. The standard InChI is InChI=1S/C18H35N/c1-3-4-5-6-7-8-9-10-11-12-13-14-15-16-17-18-19-2/h1,19H,4-18H2,2H3. The van der Waals surface area contributed by atoms with Crippen molar-refractivity contribution in [1.29, 1.82) is 0 Å². The molecule has 1 nitrogen and oxygen atoms in total. The highest BCUT2D eigenvalue weighted by Gasteiger charge is 1.93. The molecule has 0 bridgehead atoms. The fourth-order valence-electron chi connectivity index (χ4n) is 2.47. The fraction of sp³-hybridized carbons (Fsp3) is 0.889. The van der Waals surface area contributed by atoms with Crippen LogP contribution in [-0.2, 0) is 0 Å². The van der Waals surface area contributed by atoms with Crippen LogP contribution in [0, 0.1) is 12.3 Å². The molecule has 0 saturated heterocycles. The van der Waals surface area contributed by atoms with Crippen molar-refractivity contribution < 1.29 is 0 Å². The molecule has 19 heavy (non-hydrogen) atoms. The van der Waals surface area contributed by atoms with E-state index >= 15 is 0 Å². The van der Waals surface area contributed by atoms with Gasteiger partial charge in [-0.25, -0.2) is 0 Å². The van der Waals surface area contributed by atoms with Gasteiger partial charge in [-0.05, 0) is 26.4 Å². The number of rotatable bonds is 15. The van der Waals surface area contributed by atoms with Crippen LogP contribution in [-0.4, -0.2) is 13.6 Å². The van der Waals surface area contributed by atoms with Gasteiger partial charge in [0.15, 0.2) is 0 Å². The predicted octanol–water partition coefficient (Wildman–Crippen LogP) is 5.30. The Balaban J connectivity index is 2.90. The Bertz CT molecular complexity index is 192. The van der Waals surface area contributed by atoms with Gasteiger partial charge in [0.05, 0.1) is 0 Å². The topological polar surface area (TPSA) is 12.0 Å². The van der Waals surface area contributed by atoms with Crippen molar-refractivity contribution in [3.63, 3.8) is 0 Å². The zero-order valence-electron chi connectivity index (χ0n) is 13.2. The lowest BCUT2D eigenvalue weighted by molar-refractivity contribution is 0.535. The summed E-state index contributed by atoms with van der Waals surface area (Å²) in [6.45, 7) is 1.18. The molecule has 0 aromatic carbocycles. The second kappa shape index (κ2) is 17.5. The quantitative estimate of drug-likeness (QED) is 0.313. The van der Waals surface area contributed by atoms with Gasteiger partial charge in [-0.1, -0.05) is 70.6 Å². The van der Waals surface area contributed by atoms with E-state index in [1.54, 1.807) is 0 Å². The molecule has 0 radical (unpaired) electrons. The van der Waals surface area contributed by atoms with Crippen LogP contribution in [0.5, 0.6) is 0 Å². The Hall–Kier alpha value is -0.480. The molecule has 0 rings (SSSR count). The molecular formula is C18H35N. The lowest BCUT2D eigenvalue weighted by Crippen LogP contribution is -2.06. The van der Waals surface area contributed by atoms with E-state index in [1.807, 2.05) is 7.05 Å². The van der Waals surface area contributed by atoms with Crippen LogP contribution in [0.3, 0.4) is 0 Å². The van der Waals surface area contributed by atoms with Crippen molar-refractivity contribution in [2.24, 2.45) is 0 Å². The third-order valence-corrected chi connectivity index (χ3v) is 3.75. The van der Waals surface area contributed by atoms with E-state index in [2.05, 4.69) is 11.2 Å². The zero-order chi connectivity index (χ0) is 14.0. The minimum Gasteiger partial charge on any atom is -0.320 e.